The molecule has 4 aromatic rings. The van der Waals surface area contributed by atoms with Crippen molar-refractivity contribution in [2.75, 3.05) is 18.2 Å². The number of nitrogens with one attached hydrogen (secondary N) is 1. The summed E-state index contributed by atoms with van der Waals surface area (Å²) in [5.41, 5.74) is 8.03. The third-order valence-electron chi connectivity index (χ3n) is 5.79. The standard InChI is InChI=1S/C24H22N8O2/c1-13(29-21-15(10-25)12-28-24(26)31-21)22-30-18-5-3-4-17(14-6-9-19(34-2)27-11-14)20(18)23(33)32(22)16-7-8-16/h3-6,9,11-13,16H,7-8H2,1-2H3,(H3,26,28,29,31)/t13-/m0/s1. The molecule has 0 aliphatic heterocycles. The summed E-state index contributed by atoms with van der Waals surface area (Å²) in [6.07, 6.45) is 4.87. The van der Waals surface area contributed by atoms with Gasteiger partial charge in [-0.25, -0.2) is 15.0 Å². The van der Waals surface area contributed by atoms with Gasteiger partial charge in [-0.2, -0.15) is 10.2 Å². The fraction of sp³-hybridized carbons (Fsp3) is 0.250. The molecule has 1 saturated carbocycles. The van der Waals surface area contributed by atoms with Crippen LogP contribution in [0.2, 0.25) is 0 Å². The van der Waals surface area contributed by atoms with Crippen molar-refractivity contribution in [2.45, 2.75) is 31.8 Å². The van der Waals surface area contributed by atoms with Crippen molar-refractivity contribution >= 4 is 22.7 Å². The minimum Gasteiger partial charge on any atom is -0.481 e. The minimum atomic E-state index is -0.412. The van der Waals surface area contributed by atoms with Crippen molar-refractivity contribution in [3.05, 3.63) is 64.5 Å². The maximum Gasteiger partial charge on any atom is 0.262 e. The number of aromatic nitrogens is 5. The SMILES string of the molecule is COc1ccc(-c2cccc3nc([C@H](C)Nc4nc(N)ncc4C#N)n(C4CC4)c(=O)c23)cn1. The van der Waals surface area contributed by atoms with Crippen LogP contribution in [0.5, 0.6) is 5.88 Å². The lowest BCUT2D eigenvalue weighted by Gasteiger charge is -2.21. The van der Waals surface area contributed by atoms with E-state index >= 15 is 0 Å². The van der Waals surface area contributed by atoms with Gasteiger partial charge >= 0.3 is 0 Å². The number of hydrogen-bond donors (Lipinski definition) is 2. The van der Waals surface area contributed by atoms with Crippen LogP contribution in [0.4, 0.5) is 11.8 Å². The number of rotatable bonds is 6. The number of fused-ring (bicyclic) bond motifs is 1. The van der Waals surface area contributed by atoms with Gasteiger partial charge in [0.1, 0.15) is 23.3 Å². The number of nitrogens with two attached hydrogens (primary N) is 1. The summed E-state index contributed by atoms with van der Waals surface area (Å²) in [6, 6.07) is 11.0. The lowest BCUT2D eigenvalue weighted by atomic mass is 10.0. The Bertz CT molecular complexity index is 1490. The number of pyridine rings is 1. The Balaban J connectivity index is 1.64. The Hall–Kier alpha value is -4.52. The molecule has 1 fully saturated rings. The number of nitrogens with zero attached hydrogens (tertiary/aromatic N) is 6. The molecule has 0 unspecified atom stereocenters. The molecular weight excluding hydrogens is 432 g/mol. The molecule has 10 nitrogen and oxygen atoms in total. The van der Waals surface area contributed by atoms with E-state index in [0.717, 1.165) is 24.0 Å². The fourth-order valence-electron chi connectivity index (χ4n) is 4.01. The normalized spacial score (nSPS) is 13.9. The molecule has 10 heteroatoms. The van der Waals surface area contributed by atoms with Gasteiger partial charge in [0.25, 0.3) is 5.56 Å². The summed E-state index contributed by atoms with van der Waals surface area (Å²) in [4.78, 5) is 31.0. The van der Waals surface area contributed by atoms with E-state index in [0.29, 0.717) is 28.4 Å². The van der Waals surface area contributed by atoms with Gasteiger partial charge in [0, 0.05) is 23.9 Å². The van der Waals surface area contributed by atoms with Gasteiger partial charge in [-0.15, -0.1) is 0 Å². The molecule has 3 heterocycles. The highest BCUT2D eigenvalue weighted by Gasteiger charge is 2.31. The predicted octanol–water partition coefficient (Wildman–Crippen LogP) is 3.22. The zero-order valence-corrected chi connectivity index (χ0v) is 18.7. The number of nitriles is 1. The Morgan fingerprint density at radius 3 is 2.71 bits per heavy atom. The van der Waals surface area contributed by atoms with Crippen LogP contribution >= 0.6 is 0 Å². The van der Waals surface area contributed by atoms with Crippen LogP contribution in [-0.4, -0.2) is 31.6 Å². The molecule has 3 N–H and O–H groups in total. The zero-order valence-electron chi connectivity index (χ0n) is 18.7. The molecule has 0 bridgehead atoms. The van der Waals surface area contributed by atoms with E-state index < -0.39 is 6.04 Å². The van der Waals surface area contributed by atoms with Crippen LogP contribution in [0.1, 0.15) is 43.2 Å². The second kappa shape index (κ2) is 8.44. The van der Waals surface area contributed by atoms with Crippen molar-refractivity contribution in [2.24, 2.45) is 0 Å². The second-order valence-electron chi connectivity index (χ2n) is 8.13. The molecule has 3 aromatic heterocycles. The quantitative estimate of drug-likeness (QED) is 0.448. The third kappa shape index (κ3) is 3.77. The van der Waals surface area contributed by atoms with Crippen LogP contribution in [0.3, 0.4) is 0 Å². The molecule has 0 saturated heterocycles. The van der Waals surface area contributed by atoms with E-state index in [2.05, 4.69) is 26.3 Å². The second-order valence-corrected chi connectivity index (χ2v) is 8.13. The van der Waals surface area contributed by atoms with Crippen molar-refractivity contribution in [3.63, 3.8) is 0 Å². The largest absolute Gasteiger partial charge is 0.481 e. The molecule has 170 valence electrons. The molecule has 1 aliphatic carbocycles. The van der Waals surface area contributed by atoms with Crippen LogP contribution in [0, 0.1) is 11.3 Å². The van der Waals surface area contributed by atoms with E-state index in [4.69, 9.17) is 15.5 Å². The number of hydrogen-bond acceptors (Lipinski definition) is 9. The maximum atomic E-state index is 13.8. The van der Waals surface area contributed by atoms with Crippen LogP contribution in [0.25, 0.3) is 22.0 Å². The first-order valence-corrected chi connectivity index (χ1v) is 10.8. The molecule has 1 aromatic carbocycles. The smallest absolute Gasteiger partial charge is 0.262 e. The molecular formula is C24H22N8O2. The Labute approximate surface area is 195 Å². The van der Waals surface area contributed by atoms with Crippen LogP contribution in [-0.2, 0) is 0 Å². The van der Waals surface area contributed by atoms with Gasteiger partial charge in [0.2, 0.25) is 11.8 Å². The number of methoxy groups -OCH3 is 1. The zero-order chi connectivity index (χ0) is 23.8. The van der Waals surface area contributed by atoms with Crippen molar-refractivity contribution in [1.29, 1.82) is 5.26 Å². The van der Waals surface area contributed by atoms with E-state index in [1.807, 2.05) is 31.2 Å². The first kappa shape index (κ1) is 21.3. The summed E-state index contributed by atoms with van der Waals surface area (Å²) >= 11 is 0. The van der Waals surface area contributed by atoms with E-state index in [1.165, 1.54) is 6.20 Å². The molecule has 1 atom stereocenters. The average Bonchev–Trinajstić information content (AvgIpc) is 3.69. The number of ether oxygens (including phenoxy) is 1. The molecule has 0 amide bonds. The minimum absolute atomic E-state index is 0.0532. The average molecular weight is 454 g/mol. The molecule has 34 heavy (non-hydrogen) atoms. The van der Waals surface area contributed by atoms with Gasteiger partial charge in [-0.05, 0) is 37.5 Å². The summed E-state index contributed by atoms with van der Waals surface area (Å²) in [6.45, 7) is 1.88. The first-order chi connectivity index (χ1) is 16.5. The highest BCUT2D eigenvalue weighted by atomic mass is 16.5. The summed E-state index contributed by atoms with van der Waals surface area (Å²) in [5, 5.41) is 13.1. The van der Waals surface area contributed by atoms with Gasteiger partial charge in [0.05, 0.1) is 30.3 Å². The summed E-state index contributed by atoms with van der Waals surface area (Å²) in [5.74, 6) is 1.43. The highest BCUT2D eigenvalue weighted by Crippen LogP contribution is 2.37. The van der Waals surface area contributed by atoms with Gasteiger partial charge in [0.15, 0.2) is 0 Å². The summed E-state index contributed by atoms with van der Waals surface area (Å²) < 4.78 is 6.92. The van der Waals surface area contributed by atoms with Crippen molar-refractivity contribution < 1.29 is 4.74 Å². The molecule has 0 radical (unpaired) electrons. The van der Waals surface area contributed by atoms with E-state index in [9.17, 15) is 10.1 Å². The fourth-order valence-corrected chi connectivity index (χ4v) is 4.01. The molecule has 1 aliphatic rings. The Morgan fingerprint density at radius 2 is 2.03 bits per heavy atom. The highest BCUT2D eigenvalue weighted by molar-refractivity contribution is 5.94. The lowest BCUT2D eigenvalue weighted by molar-refractivity contribution is 0.398. The Morgan fingerprint density at radius 1 is 1.21 bits per heavy atom. The van der Waals surface area contributed by atoms with Gasteiger partial charge in [-0.3, -0.25) is 9.36 Å². The number of benzene rings is 1. The van der Waals surface area contributed by atoms with E-state index in [-0.39, 0.29) is 23.1 Å². The lowest BCUT2D eigenvalue weighted by Crippen LogP contribution is -2.28. The van der Waals surface area contributed by atoms with Crippen LogP contribution in [0.15, 0.2) is 47.5 Å². The third-order valence-corrected chi connectivity index (χ3v) is 5.79. The molecule has 5 rings (SSSR count). The maximum absolute atomic E-state index is 13.8. The van der Waals surface area contributed by atoms with Gasteiger partial charge < -0.3 is 15.8 Å². The number of anilines is 2. The molecule has 0 spiro atoms. The monoisotopic (exact) mass is 454 g/mol. The predicted molar refractivity (Wildman–Crippen MR) is 127 cm³/mol. The Kier molecular flexibility index (Phi) is 5.30. The van der Waals surface area contributed by atoms with Crippen molar-refractivity contribution in [1.82, 2.24) is 24.5 Å². The topological polar surface area (TPSA) is 145 Å². The number of nitrogen functional groups attached to an aromatic ring is 1. The van der Waals surface area contributed by atoms with Crippen LogP contribution < -0.4 is 21.3 Å². The van der Waals surface area contributed by atoms with Gasteiger partial charge in [-0.1, -0.05) is 12.1 Å². The van der Waals surface area contributed by atoms with Crippen molar-refractivity contribution in [3.8, 4) is 23.1 Å². The summed E-state index contributed by atoms with van der Waals surface area (Å²) in [7, 11) is 1.56. The first-order valence-electron chi connectivity index (χ1n) is 10.8. The van der Waals surface area contributed by atoms with E-state index in [1.54, 1.807) is 23.9 Å².